The van der Waals surface area contributed by atoms with Crippen molar-refractivity contribution in [3.05, 3.63) is 66.6 Å². The van der Waals surface area contributed by atoms with Crippen molar-refractivity contribution < 1.29 is 4.52 Å². The van der Waals surface area contributed by atoms with Crippen molar-refractivity contribution in [1.29, 1.82) is 0 Å². The van der Waals surface area contributed by atoms with Gasteiger partial charge in [0.15, 0.2) is 0 Å². The van der Waals surface area contributed by atoms with Crippen molar-refractivity contribution in [1.82, 2.24) is 24.9 Å². The lowest BCUT2D eigenvalue weighted by Crippen LogP contribution is -2.11. The maximum absolute atomic E-state index is 5.40. The van der Waals surface area contributed by atoms with Crippen LogP contribution in [0.1, 0.15) is 5.56 Å². The van der Waals surface area contributed by atoms with E-state index in [-0.39, 0.29) is 0 Å². The summed E-state index contributed by atoms with van der Waals surface area (Å²) in [6.07, 6.45) is 5.42. The molecule has 0 saturated carbocycles. The maximum Gasteiger partial charge on any atom is 0.259 e. The van der Waals surface area contributed by atoms with Crippen molar-refractivity contribution in [2.24, 2.45) is 0 Å². The summed E-state index contributed by atoms with van der Waals surface area (Å²) in [7, 11) is 0. The number of nitrogens with zero attached hydrogens (tertiary/aromatic N) is 5. The molecule has 0 saturated heterocycles. The summed E-state index contributed by atoms with van der Waals surface area (Å²) in [5, 5.41) is 11.5. The molecular weight excluding hydrogens is 328 g/mol. The van der Waals surface area contributed by atoms with Gasteiger partial charge in [0.05, 0.1) is 12.1 Å². The summed E-state index contributed by atoms with van der Waals surface area (Å²) in [5.41, 5.74) is 2.86. The average molecular weight is 346 g/mol. The predicted octanol–water partition coefficient (Wildman–Crippen LogP) is 3.42. The molecule has 130 valence electrons. The van der Waals surface area contributed by atoms with Crippen LogP contribution in [0.2, 0.25) is 0 Å². The van der Waals surface area contributed by atoms with E-state index in [1.54, 1.807) is 12.4 Å². The number of anilines is 1. The highest BCUT2D eigenvalue weighted by Gasteiger charge is 2.12. The summed E-state index contributed by atoms with van der Waals surface area (Å²) in [6.45, 7) is 3.54. The smallest absolute Gasteiger partial charge is 0.259 e. The number of hydrogen-bond acceptors (Lipinski definition) is 6. The molecule has 4 aromatic rings. The third-order valence-corrected chi connectivity index (χ3v) is 4.03. The summed E-state index contributed by atoms with van der Waals surface area (Å²) in [4.78, 5) is 8.89. The van der Waals surface area contributed by atoms with Crippen molar-refractivity contribution >= 4 is 5.82 Å². The summed E-state index contributed by atoms with van der Waals surface area (Å²) >= 11 is 0. The standard InChI is InChI=1S/C19H18N6O/c1-14-5-2-3-6-16(14)18-23-19(26-24-18)15-7-8-17(21-13-15)20-10-12-25-11-4-9-22-25/h2-9,11,13H,10,12H2,1H3,(H,20,21). The second kappa shape index (κ2) is 7.18. The first-order chi connectivity index (χ1) is 12.8. The van der Waals surface area contributed by atoms with E-state index in [0.717, 1.165) is 35.6 Å². The number of nitrogens with one attached hydrogen (secondary N) is 1. The lowest BCUT2D eigenvalue weighted by atomic mass is 10.1. The van der Waals surface area contributed by atoms with E-state index in [1.165, 1.54) is 0 Å². The number of aromatic nitrogens is 5. The monoisotopic (exact) mass is 346 g/mol. The predicted molar refractivity (Wildman–Crippen MR) is 98.4 cm³/mol. The highest BCUT2D eigenvalue weighted by molar-refractivity contribution is 5.62. The Morgan fingerprint density at radius 2 is 2.04 bits per heavy atom. The molecule has 0 aliphatic heterocycles. The maximum atomic E-state index is 5.40. The first kappa shape index (κ1) is 16.0. The van der Waals surface area contributed by atoms with Gasteiger partial charge in [0.2, 0.25) is 5.82 Å². The van der Waals surface area contributed by atoms with Gasteiger partial charge < -0.3 is 9.84 Å². The van der Waals surface area contributed by atoms with E-state index in [0.29, 0.717) is 11.7 Å². The van der Waals surface area contributed by atoms with E-state index in [4.69, 9.17) is 4.52 Å². The normalized spacial score (nSPS) is 10.8. The largest absolute Gasteiger partial charge is 0.368 e. The van der Waals surface area contributed by atoms with Crippen LogP contribution in [0.4, 0.5) is 5.82 Å². The van der Waals surface area contributed by atoms with Gasteiger partial charge in [-0.15, -0.1) is 0 Å². The zero-order chi connectivity index (χ0) is 17.8. The first-order valence-electron chi connectivity index (χ1n) is 8.37. The summed E-state index contributed by atoms with van der Waals surface area (Å²) < 4.78 is 7.26. The van der Waals surface area contributed by atoms with Gasteiger partial charge in [0, 0.05) is 30.7 Å². The van der Waals surface area contributed by atoms with Crippen LogP contribution >= 0.6 is 0 Å². The minimum atomic E-state index is 0.457. The zero-order valence-electron chi connectivity index (χ0n) is 14.3. The molecule has 0 radical (unpaired) electrons. The van der Waals surface area contributed by atoms with E-state index in [1.807, 2.05) is 60.3 Å². The molecule has 0 aliphatic rings. The molecular formula is C19H18N6O. The van der Waals surface area contributed by atoms with Crippen LogP contribution in [0, 0.1) is 6.92 Å². The molecule has 4 rings (SSSR count). The van der Waals surface area contributed by atoms with Crippen LogP contribution < -0.4 is 5.32 Å². The molecule has 1 N–H and O–H groups in total. The Balaban J connectivity index is 1.43. The van der Waals surface area contributed by atoms with E-state index in [2.05, 4.69) is 25.5 Å². The van der Waals surface area contributed by atoms with E-state index < -0.39 is 0 Å². The van der Waals surface area contributed by atoms with Gasteiger partial charge in [-0.05, 0) is 30.7 Å². The number of aryl methyl sites for hydroxylation is 1. The van der Waals surface area contributed by atoms with Gasteiger partial charge in [-0.1, -0.05) is 29.4 Å². The molecule has 7 heteroatoms. The fourth-order valence-corrected chi connectivity index (χ4v) is 2.63. The van der Waals surface area contributed by atoms with E-state index >= 15 is 0 Å². The third kappa shape index (κ3) is 3.46. The van der Waals surface area contributed by atoms with Gasteiger partial charge in [-0.3, -0.25) is 4.68 Å². The molecule has 3 heterocycles. The lowest BCUT2D eigenvalue weighted by molar-refractivity contribution is 0.432. The van der Waals surface area contributed by atoms with Crippen LogP contribution in [0.25, 0.3) is 22.8 Å². The number of pyridine rings is 1. The topological polar surface area (TPSA) is 81.7 Å². The molecule has 26 heavy (non-hydrogen) atoms. The highest BCUT2D eigenvalue weighted by atomic mass is 16.5. The Morgan fingerprint density at radius 1 is 1.12 bits per heavy atom. The van der Waals surface area contributed by atoms with Gasteiger partial charge in [-0.25, -0.2) is 4.98 Å². The molecule has 0 atom stereocenters. The minimum absolute atomic E-state index is 0.457. The SMILES string of the molecule is Cc1ccccc1-c1noc(-c2ccc(NCCn3cccn3)nc2)n1. The van der Waals surface area contributed by atoms with Gasteiger partial charge in [-0.2, -0.15) is 10.1 Å². The van der Waals surface area contributed by atoms with Gasteiger partial charge >= 0.3 is 0 Å². The Labute approximate surface area is 150 Å². The van der Waals surface area contributed by atoms with Crippen LogP contribution in [-0.2, 0) is 6.54 Å². The van der Waals surface area contributed by atoms with Crippen molar-refractivity contribution in [2.45, 2.75) is 13.5 Å². The Kier molecular flexibility index (Phi) is 4.42. The highest BCUT2D eigenvalue weighted by Crippen LogP contribution is 2.24. The van der Waals surface area contributed by atoms with Crippen LogP contribution in [0.5, 0.6) is 0 Å². The molecule has 0 bridgehead atoms. The summed E-state index contributed by atoms with van der Waals surface area (Å²) in [6, 6.07) is 13.7. The molecule has 0 amide bonds. The van der Waals surface area contributed by atoms with Crippen molar-refractivity contribution in [3.63, 3.8) is 0 Å². The summed E-state index contributed by atoms with van der Waals surface area (Å²) in [5.74, 6) is 1.83. The number of benzene rings is 1. The van der Waals surface area contributed by atoms with Crippen molar-refractivity contribution in [3.8, 4) is 22.8 Å². The minimum Gasteiger partial charge on any atom is -0.368 e. The molecule has 0 aliphatic carbocycles. The third-order valence-electron chi connectivity index (χ3n) is 4.03. The quantitative estimate of drug-likeness (QED) is 0.576. The van der Waals surface area contributed by atoms with E-state index in [9.17, 15) is 0 Å². The molecule has 3 aromatic heterocycles. The number of hydrogen-bond donors (Lipinski definition) is 1. The number of rotatable bonds is 6. The fourth-order valence-electron chi connectivity index (χ4n) is 2.63. The second-order valence-corrected chi connectivity index (χ2v) is 5.87. The molecule has 0 unspecified atom stereocenters. The fraction of sp³-hybridized carbons (Fsp3) is 0.158. The Hall–Kier alpha value is -3.48. The molecule has 7 nitrogen and oxygen atoms in total. The van der Waals surface area contributed by atoms with Gasteiger partial charge in [0.25, 0.3) is 5.89 Å². The van der Waals surface area contributed by atoms with Crippen LogP contribution in [0.3, 0.4) is 0 Å². The molecule has 0 spiro atoms. The Morgan fingerprint density at radius 3 is 2.81 bits per heavy atom. The Bertz CT molecular complexity index is 975. The van der Waals surface area contributed by atoms with Gasteiger partial charge in [0.1, 0.15) is 5.82 Å². The van der Waals surface area contributed by atoms with Crippen LogP contribution in [-0.4, -0.2) is 31.4 Å². The zero-order valence-corrected chi connectivity index (χ0v) is 14.3. The second-order valence-electron chi connectivity index (χ2n) is 5.87. The molecule has 1 aromatic carbocycles. The molecule has 0 fully saturated rings. The first-order valence-corrected chi connectivity index (χ1v) is 8.37. The average Bonchev–Trinajstić information content (AvgIpc) is 3.35. The van der Waals surface area contributed by atoms with Crippen molar-refractivity contribution in [2.75, 3.05) is 11.9 Å². The lowest BCUT2D eigenvalue weighted by Gasteiger charge is -2.05. The van der Waals surface area contributed by atoms with Crippen LogP contribution in [0.15, 0.2) is 65.6 Å².